The lowest BCUT2D eigenvalue weighted by molar-refractivity contribution is 0.217. The lowest BCUT2D eigenvalue weighted by Gasteiger charge is -2.27. The van der Waals surface area contributed by atoms with Crippen LogP contribution in [0.25, 0.3) is 5.57 Å². The van der Waals surface area contributed by atoms with Gasteiger partial charge < -0.3 is 20.0 Å². The summed E-state index contributed by atoms with van der Waals surface area (Å²) in [5.41, 5.74) is 2.99. The maximum Gasteiger partial charge on any atom is 0.322 e. The molecule has 1 aromatic heterocycles. The molecule has 2 amide bonds. The number of pyridine rings is 1. The van der Waals surface area contributed by atoms with Crippen molar-refractivity contribution >= 4 is 34.6 Å². The number of nitrogens with one attached hydrogen (secondary N) is 1. The van der Waals surface area contributed by atoms with Crippen LogP contribution in [0.3, 0.4) is 0 Å². The first kappa shape index (κ1) is 21.6. The lowest BCUT2D eigenvalue weighted by Crippen LogP contribution is -2.38. The number of benzene rings is 1. The minimum Gasteiger partial charge on any atom is -0.370 e. The molecule has 2 aliphatic heterocycles. The highest BCUT2D eigenvalue weighted by Crippen LogP contribution is 2.27. The molecule has 164 valence electrons. The van der Waals surface area contributed by atoms with Gasteiger partial charge in [-0.1, -0.05) is 17.7 Å². The Bertz CT molecular complexity index is 978. The molecule has 1 unspecified atom stereocenters. The summed E-state index contributed by atoms with van der Waals surface area (Å²) in [5.74, 6) is -0.419. The number of urea groups is 1. The van der Waals surface area contributed by atoms with Crippen molar-refractivity contribution in [3.63, 3.8) is 0 Å². The molecule has 0 radical (unpaired) electrons. The Morgan fingerprint density at radius 3 is 2.71 bits per heavy atom. The largest absolute Gasteiger partial charge is 0.370 e. The molecule has 1 aromatic carbocycles. The molecule has 2 aromatic rings. The van der Waals surface area contributed by atoms with Crippen molar-refractivity contribution < 1.29 is 9.18 Å². The van der Waals surface area contributed by atoms with Gasteiger partial charge in [-0.3, -0.25) is 4.98 Å². The Morgan fingerprint density at radius 2 is 2.10 bits per heavy atom. The van der Waals surface area contributed by atoms with Crippen LogP contribution in [-0.4, -0.2) is 67.1 Å². The van der Waals surface area contributed by atoms with Gasteiger partial charge in [-0.15, -0.1) is 0 Å². The second kappa shape index (κ2) is 9.24. The Kier molecular flexibility index (Phi) is 6.43. The molecule has 6 nitrogen and oxygen atoms in total. The van der Waals surface area contributed by atoms with E-state index in [2.05, 4.69) is 34.2 Å². The molecule has 4 rings (SSSR count). The Labute approximate surface area is 187 Å². The average molecular weight is 444 g/mol. The molecule has 0 bridgehead atoms. The number of halogens is 2. The first-order chi connectivity index (χ1) is 14.9. The van der Waals surface area contributed by atoms with Crippen LogP contribution in [0.15, 0.2) is 42.6 Å². The van der Waals surface area contributed by atoms with E-state index in [1.165, 1.54) is 6.07 Å². The molecule has 1 atom stereocenters. The standard InChI is InChI=1S/C23H27ClFN5O/c1-28(2)19-9-12-30(15-19)18-4-6-22(20(25)13-18)27-23(31)29-10-7-16(8-11-29)21-5-3-17(24)14-26-21/h3-7,13-14,19H,8-12,15H2,1-2H3,(H,27,31). The van der Waals surface area contributed by atoms with Gasteiger partial charge in [0, 0.05) is 44.1 Å². The number of hydrogen-bond acceptors (Lipinski definition) is 4. The predicted molar refractivity (Wildman–Crippen MR) is 123 cm³/mol. The van der Waals surface area contributed by atoms with Gasteiger partial charge in [0.1, 0.15) is 5.82 Å². The molecule has 31 heavy (non-hydrogen) atoms. The van der Waals surface area contributed by atoms with Crippen LogP contribution in [0.2, 0.25) is 5.02 Å². The van der Waals surface area contributed by atoms with Crippen molar-refractivity contribution in [2.45, 2.75) is 18.9 Å². The summed E-state index contributed by atoms with van der Waals surface area (Å²) in [6.07, 6.45) is 5.34. The van der Waals surface area contributed by atoms with Crippen molar-refractivity contribution in [2.24, 2.45) is 0 Å². The number of aromatic nitrogens is 1. The Hall–Kier alpha value is -2.64. The minimum absolute atomic E-state index is 0.200. The molecule has 8 heteroatoms. The number of nitrogens with zero attached hydrogens (tertiary/aromatic N) is 4. The third kappa shape index (κ3) is 4.99. The van der Waals surface area contributed by atoms with Crippen LogP contribution < -0.4 is 10.2 Å². The number of carbonyl (C=O) groups is 1. The average Bonchev–Trinajstić information content (AvgIpc) is 3.26. The number of anilines is 2. The maximum atomic E-state index is 14.7. The third-order valence-corrected chi connectivity index (χ3v) is 6.23. The van der Waals surface area contributed by atoms with E-state index in [1.807, 2.05) is 18.2 Å². The second-order valence-electron chi connectivity index (χ2n) is 8.23. The first-order valence-corrected chi connectivity index (χ1v) is 10.9. The minimum atomic E-state index is -0.419. The van der Waals surface area contributed by atoms with Gasteiger partial charge in [0.05, 0.1) is 16.4 Å². The number of likely N-dealkylation sites (N-methyl/N-ethyl adjacent to an activating group) is 1. The van der Waals surface area contributed by atoms with E-state index < -0.39 is 5.82 Å². The van der Waals surface area contributed by atoms with Crippen molar-refractivity contribution in [3.8, 4) is 0 Å². The molecule has 1 saturated heterocycles. The van der Waals surface area contributed by atoms with Crippen LogP contribution in [0.1, 0.15) is 18.5 Å². The zero-order valence-corrected chi connectivity index (χ0v) is 18.6. The van der Waals surface area contributed by atoms with Gasteiger partial charge in [0.15, 0.2) is 0 Å². The summed E-state index contributed by atoms with van der Waals surface area (Å²) in [6, 6.07) is 8.88. The fourth-order valence-electron chi connectivity index (χ4n) is 4.05. The van der Waals surface area contributed by atoms with Crippen LogP contribution in [0.5, 0.6) is 0 Å². The third-order valence-electron chi connectivity index (χ3n) is 6.01. The first-order valence-electron chi connectivity index (χ1n) is 10.5. The summed E-state index contributed by atoms with van der Waals surface area (Å²) >= 11 is 5.89. The molecule has 1 N–H and O–H groups in total. The number of rotatable bonds is 4. The molecular weight excluding hydrogens is 417 g/mol. The van der Waals surface area contributed by atoms with Gasteiger partial charge in [0.25, 0.3) is 0 Å². The highest BCUT2D eigenvalue weighted by molar-refractivity contribution is 6.30. The van der Waals surface area contributed by atoms with Crippen LogP contribution in [0, 0.1) is 5.82 Å². The van der Waals surface area contributed by atoms with Gasteiger partial charge >= 0.3 is 6.03 Å². The van der Waals surface area contributed by atoms with Crippen molar-refractivity contribution in [1.29, 1.82) is 0 Å². The number of carbonyl (C=O) groups excluding carboxylic acids is 1. The second-order valence-corrected chi connectivity index (χ2v) is 8.67. The molecule has 0 spiro atoms. The van der Waals surface area contributed by atoms with E-state index in [0.29, 0.717) is 30.6 Å². The zero-order chi connectivity index (χ0) is 22.0. The monoisotopic (exact) mass is 443 g/mol. The highest BCUT2D eigenvalue weighted by atomic mass is 35.5. The fraction of sp³-hybridized carbons (Fsp3) is 0.391. The molecule has 0 saturated carbocycles. The summed E-state index contributed by atoms with van der Waals surface area (Å²) in [7, 11) is 4.14. The van der Waals surface area contributed by atoms with Gasteiger partial charge in [0.2, 0.25) is 0 Å². The van der Waals surface area contributed by atoms with E-state index in [4.69, 9.17) is 11.6 Å². The lowest BCUT2D eigenvalue weighted by atomic mass is 10.0. The smallest absolute Gasteiger partial charge is 0.322 e. The SMILES string of the molecule is CN(C)C1CCN(c2ccc(NC(=O)N3CC=C(c4ccc(Cl)cn4)CC3)c(F)c2)C1. The van der Waals surface area contributed by atoms with Gasteiger partial charge in [-0.2, -0.15) is 0 Å². The molecule has 2 aliphatic rings. The van der Waals surface area contributed by atoms with E-state index in [-0.39, 0.29) is 11.7 Å². The fourth-order valence-corrected chi connectivity index (χ4v) is 4.16. The normalized spacial score (nSPS) is 19.0. The molecule has 0 aliphatic carbocycles. The van der Waals surface area contributed by atoms with E-state index >= 15 is 0 Å². The molecular formula is C23H27ClFN5O. The molecule has 3 heterocycles. The Balaban J connectivity index is 1.36. The highest BCUT2D eigenvalue weighted by Gasteiger charge is 2.25. The topological polar surface area (TPSA) is 51.7 Å². The van der Waals surface area contributed by atoms with Crippen molar-refractivity contribution in [1.82, 2.24) is 14.8 Å². The maximum absolute atomic E-state index is 14.7. The Morgan fingerprint density at radius 1 is 1.26 bits per heavy atom. The molecule has 1 fully saturated rings. The van der Waals surface area contributed by atoms with E-state index in [9.17, 15) is 9.18 Å². The van der Waals surface area contributed by atoms with Crippen LogP contribution >= 0.6 is 11.6 Å². The van der Waals surface area contributed by atoms with Crippen LogP contribution in [-0.2, 0) is 0 Å². The predicted octanol–water partition coefficient (Wildman–Crippen LogP) is 4.34. The van der Waals surface area contributed by atoms with E-state index in [0.717, 1.165) is 36.5 Å². The number of hydrogen-bond donors (Lipinski definition) is 1. The zero-order valence-electron chi connectivity index (χ0n) is 17.8. The van der Waals surface area contributed by atoms with E-state index in [1.54, 1.807) is 23.2 Å². The summed E-state index contributed by atoms with van der Waals surface area (Å²) in [5, 5.41) is 3.30. The van der Waals surface area contributed by atoms with Crippen LogP contribution in [0.4, 0.5) is 20.6 Å². The van der Waals surface area contributed by atoms with Crippen molar-refractivity contribution in [3.05, 3.63) is 59.1 Å². The van der Waals surface area contributed by atoms with Gasteiger partial charge in [-0.25, -0.2) is 9.18 Å². The number of amides is 2. The summed E-state index contributed by atoms with van der Waals surface area (Å²) in [4.78, 5) is 23.0. The van der Waals surface area contributed by atoms with Crippen molar-refractivity contribution in [2.75, 3.05) is 50.5 Å². The quantitative estimate of drug-likeness (QED) is 0.763. The summed E-state index contributed by atoms with van der Waals surface area (Å²) in [6.45, 7) is 2.77. The van der Waals surface area contributed by atoms with Gasteiger partial charge in [-0.05, 0) is 62.8 Å². The summed E-state index contributed by atoms with van der Waals surface area (Å²) < 4.78 is 14.7.